The lowest BCUT2D eigenvalue weighted by molar-refractivity contribution is -0.117. The van der Waals surface area contributed by atoms with Crippen LogP contribution in [0.1, 0.15) is 18.4 Å². The van der Waals surface area contributed by atoms with Gasteiger partial charge in [0.15, 0.2) is 0 Å². The molecular weight excluding hydrogens is 224 g/mol. The van der Waals surface area contributed by atoms with Gasteiger partial charge in [-0.25, -0.2) is 4.99 Å². The second-order valence-corrected chi connectivity index (χ2v) is 3.57. The first-order valence-electron chi connectivity index (χ1n) is 5.62. The molecule has 1 aromatic rings. The first-order valence-corrected chi connectivity index (χ1v) is 5.62. The highest BCUT2D eigenvalue weighted by Crippen LogP contribution is 2.01. The summed E-state index contributed by atoms with van der Waals surface area (Å²) in [6.07, 6.45) is 5.81. The summed E-state index contributed by atoms with van der Waals surface area (Å²) in [4.78, 5) is 15.1. The lowest BCUT2D eigenvalue weighted by Crippen LogP contribution is -1.98. The van der Waals surface area contributed by atoms with E-state index in [-0.39, 0.29) is 18.0 Å². The van der Waals surface area contributed by atoms with Crippen molar-refractivity contribution < 1.29 is 4.79 Å². The molecule has 0 heterocycles. The minimum absolute atomic E-state index is 0.118. The maximum atomic E-state index is 11.4. The highest BCUT2D eigenvalue weighted by Gasteiger charge is 1.99. The van der Waals surface area contributed by atoms with Crippen molar-refractivity contribution >= 4 is 17.7 Å². The van der Waals surface area contributed by atoms with E-state index in [0.29, 0.717) is 6.42 Å². The fraction of sp³-hybridized carbons (Fsp3) is 0.133. The number of carbonyl (C=O) groups excluding carboxylic acids is 1. The van der Waals surface area contributed by atoms with Gasteiger partial charge in [-0.15, -0.1) is 6.58 Å². The fourth-order valence-corrected chi connectivity index (χ4v) is 1.25. The molecule has 3 nitrogen and oxygen atoms in total. The number of hydrogen-bond donors (Lipinski definition) is 0. The number of benzene rings is 1. The van der Waals surface area contributed by atoms with Gasteiger partial charge in [0.1, 0.15) is 11.8 Å². The van der Waals surface area contributed by atoms with E-state index in [1.165, 1.54) is 0 Å². The standard InChI is InChI=1S/C15H14N2O/c1-2-3-9-15(18)17-14(12-16)11-10-13-7-5-4-6-8-13/h2,4-8,10-11H,1,3,9H2/b11-10+,17-14?. The van der Waals surface area contributed by atoms with Crippen molar-refractivity contribution in [2.24, 2.45) is 4.99 Å². The third kappa shape index (κ3) is 5.04. The zero-order valence-electron chi connectivity index (χ0n) is 10.0. The van der Waals surface area contributed by atoms with Gasteiger partial charge in [0, 0.05) is 6.42 Å². The van der Waals surface area contributed by atoms with Gasteiger partial charge in [-0.2, -0.15) is 5.26 Å². The SMILES string of the molecule is C=CCCC(=O)N=C(C#N)/C=C/c1ccccc1. The molecule has 0 unspecified atom stereocenters. The van der Waals surface area contributed by atoms with Crippen LogP contribution in [0.15, 0.2) is 54.1 Å². The number of rotatable bonds is 5. The highest BCUT2D eigenvalue weighted by atomic mass is 16.1. The molecule has 0 aliphatic rings. The zero-order valence-corrected chi connectivity index (χ0v) is 10.0. The highest BCUT2D eigenvalue weighted by molar-refractivity contribution is 6.13. The molecule has 1 amide bonds. The van der Waals surface area contributed by atoms with E-state index in [1.807, 2.05) is 36.4 Å². The van der Waals surface area contributed by atoms with Gasteiger partial charge >= 0.3 is 0 Å². The Kier molecular flexibility index (Phi) is 5.85. The van der Waals surface area contributed by atoms with Crippen LogP contribution in [-0.2, 0) is 4.79 Å². The number of nitrogens with zero attached hydrogens (tertiary/aromatic N) is 2. The number of nitriles is 1. The zero-order chi connectivity index (χ0) is 13.2. The summed E-state index contributed by atoms with van der Waals surface area (Å²) in [5.74, 6) is -0.302. The number of allylic oxidation sites excluding steroid dienone is 2. The molecular formula is C15H14N2O. The Bertz CT molecular complexity index is 507. The summed E-state index contributed by atoms with van der Waals surface area (Å²) in [5.41, 5.74) is 1.08. The lowest BCUT2D eigenvalue weighted by Gasteiger charge is -1.92. The van der Waals surface area contributed by atoms with Crippen LogP contribution >= 0.6 is 0 Å². The average Bonchev–Trinajstić information content (AvgIpc) is 2.42. The molecule has 0 aliphatic carbocycles. The molecule has 0 saturated carbocycles. The number of amides is 1. The molecule has 1 rings (SSSR count). The number of hydrogen-bond acceptors (Lipinski definition) is 2. The van der Waals surface area contributed by atoms with Gasteiger partial charge in [0.25, 0.3) is 0 Å². The van der Waals surface area contributed by atoms with Crippen LogP contribution in [0.3, 0.4) is 0 Å². The largest absolute Gasteiger partial charge is 0.273 e. The third-order valence-electron chi connectivity index (χ3n) is 2.16. The molecule has 0 spiro atoms. The average molecular weight is 238 g/mol. The third-order valence-corrected chi connectivity index (χ3v) is 2.16. The molecule has 0 aromatic heterocycles. The van der Waals surface area contributed by atoms with E-state index in [1.54, 1.807) is 18.2 Å². The first-order chi connectivity index (χ1) is 8.76. The Hall–Kier alpha value is -2.47. The van der Waals surface area contributed by atoms with Crippen LogP contribution in [-0.4, -0.2) is 11.6 Å². The topological polar surface area (TPSA) is 53.2 Å². The maximum absolute atomic E-state index is 11.4. The molecule has 0 atom stereocenters. The number of carbonyl (C=O) groups is 1. The van der Waals surface area contributed by atoms with Crippen molar-refractivity contribution in [2.75, 3.05) is 0 Å². The fourth-order valence-electron chi connectivity index (χ4n) is 1.25. The van der Waals surface area contributed by atoms with E-state index in [2.05, 4.69) is 11.6 Å². The molecule has 0 N–H and O–H groups in total. The van der Waals surface area contributed by atoms with Crippen LogP contribution in [0.5, 0.6) is 0 Å². The summed E-state index contributed by atoms with van der Waals surface area (Å²) in [6, 6.07) is 11.4. The molecule has 1 aromatic carbocycles. The summed E-state index contributed by atoms with van der Waals surface area (Å²) >= 11 is 0. The Morgan fingerprint density at radius 3 is 2.72 bits per heavy atom. The number of aliphatic imine (C=N–C) groups is 1. The van der Waals surface area contributed by atoms with Gasteiger partial charge in [-0.1, -0.05) is 42.5 Å². The van der Waals surface area contributed by atoms with Crippen LogP contribution < -0.4 is 0 Å². The minimum atomic E-state index is -0.302. The predicted octanol–water partition coefficient (Wildman–Crippen LogP) is 3.16. The summed E-state index contributed by atoms with van der Waals surface area (Å²) in [7, 11) is 0. The molecule has 18 heavy (non-hydrogen) atoms. The van der Waals surface area contributed by atoms with Crippen LogP contribution in [0.25, 0.3) is 6.08 Å². The van der Waals surface area contributed by atoms with Crippen LogP contribution in [0, 0.1) is 11.3 Å². The lowest BCUT2D eigenvalue weighted by atomic mass is 10.2. The van der Waals surface area contributed by atoms with Crippen LogP contribution in [0.4, 0.5) is 0 Å². The molecule has 0 bridgehead atoms. The molecule has 3 heteroatoms. The molecule has 0 fully saturated rings. The van der Waals surface area contributed by atoms with Gasteiger partial charge in [0.05, 0.1) is 0 Å². The summed E-state index contributed by atoms with van der Waals surface area (Å²) in [5, 5.41) is 8.87. The normalized spacial score (nSPS) is 11.2. The Morgan fingerprint density at radius 2 is 2.11 bits per heavy atom. The van der Waals surface area contributed by atoms with E-state index in [9.17, 15) is 4.79 Å². The van der Waals surface area contributed by atoms with E-state index >= 15 is 0 Å². The van der Waals surface area contributed by atoms with Crippen molar-refractivity contribution in [3.8, 4) is 6.07 Å². The van der Waals surface area contributed by atoms with Crippen LogP contribution in [0.2, 0.25) is 0 Å². The van der Waals surface area contributed by atoms with Crippen molar-refractivity contribution in [1.29, 1.82) is 5.26 Å². The molecule has 0 aliphatic heterocycles. The summed E-state index contributed by atoms with van der Waals surface area (Å²) < 4.78 is 0. The van der Waals surface area contributed by atoms with Crippen molar-refractivity contribution in [3.05, 3.63) is 54.6 Å². The first kappa shape index (κ1) is 13.6. The van der Waals surface area contributed by atoms with E-state index in [4.69, 9.17) is 5.26 Å². The second kappa shape index (κ2) is 7.75. The Labute approximate surface area is 107 Å². The molecule has 90 valence electrons. The monoisotopic (exact) mass is 238 g/mol. The summed E-state index contributed by atoms with van der Waals surface area (Å²) in [6.45, 7) is 3.53. The van der Waals surface area contributed by atoms with Crippen molar-refractivity contribution in [3.63, 3.8) is 0 Å². The quantitative estimate of drug-likeness (QED) is 0.584. The Morgan fingerprint density at radius 1 is 1.39 bits per heavy atom. The minimum Gasteiger partial charge on any atom is -0.273 e. The van der Waals surface area contributed by atoms with Gasteiger partial charge in [-0.05, 0) is 18.1 Å². The smallest absolute Gasteiger partial charge is 0.247 e. The molecule has 0 radical (unpaired) electrons. The predicted molar refractivity (Wildman–Crippen MR) is 73.0 cm³/mol. The van der Waals surface area contributed by atoms with Crippen molar-refractivity contribution in [1.82, 2.24) is 0 Å². The molecule has 0 saturated heterocycles. The second-order valence-electron chi connectivity index (χ2n) is 3.57. The maximum Gasteiger partial charge on any atom is 0.247 e. The Balaban J connectivity index is 2.70. The van der Waals surface area contributed by atoms with E-state index < -0.39 is 0 Å². The van der Waals surface area contributed by atoms with Gasteiger partial charge in [0.2, 0.25) is 5.91 Å². The van der Waals surface area contributed by atoms with Gasteiger partial charge < -0.3 is 0 Å². The van der Waals surface area contributed by atoms with E-state index in [0.717, 1.165) is 5.56 Å². The van der Waals surface area contributed by atoms with Crippen molar-refractivity contribution in [2.45, 2.75) is 12.8 Å². The van der Waals surface area contributed by atoms with Gasteiger partial charge in [-0.3, -0.25) is 4.79 Å².